The smallest absolute Gasteiger partial charge is 0.287 e. The molecule has 2 heterocycles. The molecule has 1 N–H and O–H groups in total. The van der Waals surface area contributed by atoms with E-state index in [9.17, 15) is 4.79 Å². The zero-order valence-corrected chi connectivity index (χ0v) is 12.6. The topological polar surface area (TPSA) is 74.0 Å². The van der Waals surface area contributed by atoms with Gasteiger partial charge in [0.25, 0.3) is 5.56 Å². The fourth-order valence-electron chi connectivity index (χ4n) is 1.83. The van der Waals surface area contributed by atoms with E-state index in [1.807, 2.05) is 10.8 Å². The Kier molecular flexibility index (Phi) is 5.77. The van der Waals surface area contributed by atoms with Gasteiger partial charge in [-0.05, 0) is 6.42 Å². The van der Waals surface area contributed by atoms with E-state index in [1.165, 1.54) is 4.68 Å². The predicted octanol–water partition coefficient (Wildman–Crippen LogP) is 1.24. The maximum atomic E-state index is 12.0. The van der Waals surface area contributed by atoms with E-state index in [-0.39, 0.29) is 10.6 Å². The van der Waals surface area contributed by atoms with Gasteiger partial charge >= 0.3 is 0 Å². The fourth-order valence-corrected chi connectivity index (χ4v) is 2.04. The van der Waals surface area contributed by atoms with Crippen molar-refractivity contribution in [1.82, 2.24) is 19.3 Å². The molecule has 0 fully saturated rings. The molecule has 0 radical (unpaired) electrons. The van der Waals surface area contributed by atoms with Gasteiger partial charge in [-0.1, -0.05) is 11.6 Å². The third-order valence-electron chi connectivity index (χ3n) is 2.96. The molecule has 2 aromatic heterocycles. The molecule has 0 atom stereocenters. The van der Waals surface area contributed by atoms with Crippen molar-refractivity contribution in [2.24, 2.45) is 0 Å². The lowest BCUT2D eigenvalue weighted by Crippen LogP contribution is -2.26. The Bertz CT molecular complexity index is 612. The summed E-state index contributed by atoms with van der Waals surface area (Å²) in [5.74, 6) is 0. The molecule has 0 spiro atoms. The van der Waals surface area contributed by atoms with Crippen molar-refractivity contribution in [3.63, 3.8) is 0 Å². The number of aromatic nitrogens is 4. The molecule has 0 aliphatic rings. The summed E-state index contributed by atoms with van der Waals surface area (Å²) in [7, 11) is 1.57. The Morgan fingerprint density at radius 2 is 2.29 bits per heavy atom. The molecule has 0 aliphatic carbocycles. The van der Waals surface area contributed by atoms with Crippen LogP contribution in [0.25, 0.3) is 0 Å². The quantitative estimate of drug-likeness (QED) is 0.743. The largest absolute Gasteiger partial charge is 0.383 e. The summed E-state index contributed by atoms with van der Waals surface area (Å²) in [6.07, 6.45) is 7.88. The molecule has 114 valence electrons. The maximum absolute atomic E-state index is 12.0. The second-order valence-corrected chi connectivity index (χ2v) is 4.85. The van der Waals surface area contributed by atoms with Crippen LogP contribution < -0.4 is 10.9 Å². The molecule has 0 saturated carbocycles. The van der Waals surface area contributed by atoms with Gasteiger partial charge in [-0.3, -0.25) is 4.79 Å². The third kappa shape index (κ3) is 4.30. The zero-order valence-electron chi connectivity index (χ0n) is 11.8. The summed E-state index contributed by atoms with van der Waals surface area (Å²) >= 11 is 6.06. The molecule has 0 amide bonds. The minimum absolute atomic E-state index is 0.156. The molecule has 8 heteroatoms. The van der Waals surface area contributed by atoms with Gasteiger partial charge in [-0.25, -0.2) is 9.67 Å². The Balaban J connectivity index is 1.88. The summed E-state index contributed by atoms with van der Waals surface area (Å²) in [6, 6.07) is 0. The second-order valence-electron chi connectivity index (χ2n) is 4.47. The Hall–Kier alpha value is -1.86. The van der Waals surface area contributed by atoms with E-state index < -0.39 is 0 Å². The zero-order chi connectivity index (χ0) is 15.1. The molecular weight excluding hydrogens is 294 g/mol. The van der Waals surface area contributed by atoms with Crippen molar-refractivity contribution in [1.29, 1.82) is 0 Å². The summed E-state index contributed by atoms with van der Waals surface area (Å²) in [6.45, 7) is 2.35. The van der Waals surface area contributed by atoms with Gasteiger partial charge in [0.05, 0.1) is 31.4 Å². The summed E-state index contributed by atoms with van der Waals surface area (Å²) < 4.78 is 8.20. The normalized spacial score (nSPS) is 10.8. The molecule has 2 aromatic rings. The van der Waals surface area contributed by atoms with Crippen LogP contribution in [0.2, 0.25) is 5.02 Å². The highest BCUT2D eigenvalue weighted by molar-refractivity contribution is 6.32. The highest BCUT2D eigenvalue weighted by Gasteiger charge is 2.08. The fraction of sp³-hybridized carbons (Fsp3) is 0.462. The highest BCUT2D eigenvalue weighted by Crippen LogP contribution is 2.15. The van der Waals surface area contributed by atoms with Crippen molar-refractivity contribution >= 4 is 17.3 Å². The van der Waals surface area contributed by atoms with Gasteiger partial charge in [0, 0.05) is 32.6 Å². The lowest BCUT2D eigenvalue weighted by atomic mass is 10.4. The number of methoxy groups -OCH3 is 1. The summed E-state index contributed by atoms with van der Waals surface area (Å²) in [5.41, 5.74) is 0.245. The maximum Gasteiger partial charge on any atom is 0.287 e. The standard InChI is InChI=1S/C13H18ClN5O2/c1-21-8-7-19-13(20)12(14)11(9-17-19)16-3-2-5-18-6-4-15-10-18/h4,6,9-10,16H,2-3,5,7-8H2,1H3. The summed E-state index contributed by atoms with van der Waals surface area (Å²) in [5, 5.41) is 7.35. The number of nitrogens with zero attached hydrogens (tertiary/aromatic N) is 4. The molecule has 0 bridgehead atoms. The molecule has 0 aliphatic heterocycles. The van der Waals surface area contributed by atoms with E-state index >= 15 is 0 Å². The minimum Gasteiger partial charge on any atom is -0.383 e. The molecule has 2 rings (SSSR count). The van der Waals surface area contributed by atoms with Crippen LogP contribution in [0.4, 0.5) is 5.69 Å². The highest BCUT2D eigenvalue weighted by atomic mass is 35.5. The molecular formula is C13H18ClN5O2. The van der Waals surface area contributed by atoms with Crippen molar-refractivity contribution in [2.75, 3.05) is 25.6 Å². The van der Waals surface area contributed by atoms with Crippen LogP contribution in [0.15, 0.2) is 29.7 Å². The predicted molar refractivity (Wildman–Crippen MR) is 80.7 cm³/mol. The number of ether oxygens (including phenoxy) is 1. The van der Waals surface area contributed by atoms with Crippen molar-refractivity contribution in [3.05, 3.63) is 40.3 Å². The van der Waals surface area contributed by atoms with Gasteiger partial charge in [0.1, 0.15) is 5.02 Å². The monoisotopic (exact) mass is 311 g/mol. The van der Waals surface area contributed by atoms with Crippen LogP contribution in [-0.2, 0) is 17.8 Å². The first-order valence-corrected chi connectivity index (χ1v) is 7.04. The van der Waals surface area contributed by atoms with Crippen LogP contribution in [0, 0.1) is 0 Å². The molecule has 0 aromatic carbocycles. The van der Waals surface area contributed by atoms with Gasteiger partial charge in [0.2, 0.25) is 0 Å². The van der Waals surface area contributed by atoms with Crippen LogP contribution in [0.3, 0.4) is 0 Å². The molecule has 21 heavy (non-hydrogen) atoms. The first kappa shape index (κ1) is 15.5. The number of imidazole rings is 1. The Morgan fingerprint density at radius 1 is 1.43 bits per heavy atom. The number of halogens is 1. The van der Waals surface area contributed by atoms with Crippen LogP contribution >= 0.6 is 11.6 Å². The van der Waals surface area contributed by atoms with Crippen LogP contribution in [-0.4, -0.2) is 39.6 Å². The molecule has 0 unspecified atom stereocenters. The van der Waals surface area contributed by atoms with E-state index in [0.717, 1.165) is 13.0 Å². The van der Waals surface area contributed by atoms with Crippen LogP contribution in [0.5, 0.6) is 0 Å². The Morgan fingerprint density at radius 3 is 3.00 bits per heavy atom. The van der Waals surface area contributed by atoms with Gasteiger partial charge < -0.3 is 14.6 Å². The lowest BCUT2D eigenvalue weighted by molar-refractivity contribution is 0.182. The van der Waals surface area contributed by atoms with Crippen LogP contribution in [0.1, 0.15) is 6.42 Å². The van der Waals surface area contributed by atoms with Gasteiger partial charge in [-0.15, -0.1) is 0 Å². The van der Waals surface area contributed by atoms with Crippen molar-refractivity contribution in [3.8, 4) is 0 Å². The number of hydrogen-bond donors (Lipinski definition) is 1. The summed E-state index contributed by atoms with van der Waals surface area (Å²) in [4.78, 5) is 16.0. The van der Waals surface area contributed by atoms with E-state index in [0.29, 0.717) is 25.4 Å². The van der Waals surface area contributed by atoms with E-state index in [4.69, 9.17) is 16.3 Å². The van der Waals surface area contributed by atoms with Gasteiger partial charge in [-0.2, -0.15) is 5.10 Å². The van der Waals surface area contributed by atoms with E-state index in [1.54, 1.807) is 25.8 Å². The minimum atomic E-state index is -0.312. The van der Waals surface area contributed by atoms with E-state index in [2.05, 4.69) is 15.4 Å². The van der Waals surface area contributed by atoms with Crippen molar-refractivity contribution < 1.29 is 4.74 Å². The average Bonchev–Trinajstić information content (AvgIpc) is 3.00. The van der Waals surface area contributed by atoms with Gasteiger partial charge in [0.15, 0.2) is 0 Å². The second kappa shape index (κ2) is 7.80. The molecule has 7 nitrogen and oxygen atoms in total. The number of rotatable bonds is 8. The number of hydrogen-bond acceptors (Lipinski definition) is 5. The number of anilines is 1. The third-order valence-corrected chi connectivity index (χ3v) is 3.33. The number of nitrogens with one attached hydrogen (secondary N) is 1. The lowest BCUT2D eigenvalue weighted by Gasteiger charge is -2.10. The first-order valence-electron chi connectivity index (χ1n) is 6.66. The SMILES string of the molecule is COCCn1ncc(NCCCn2ccnc2)c(Cl)c1=O. The first-order chi connectivity index (χ1) is 10.2. The average molecular weight is 312 g/mol. The van der Waals surface area contributed by atoms with Crippen molar-refractivity contribution in [2.45, 2.75) is 19.5 Å². The number of aryl methyl sites for hydroxylation is 1. The Labute approximate surface area is 127 Å². The molecule has 0 saturated heterocycles.